The number of anilines is 1. The van der Waals surface area contributed by atoms with Gasteiger partial charge >= 0.3 is 6.03 Å². The van der Waals surface area contributed by atoms with Crippen LogP contribution in [0.3, 0.4) is 0 Å². The number of hydrogen-bond donors (Lipinski definition) is 4. The average molecular weight is 352 g/mol. The predicted molar refractivity (Wildman–Crippen MR) is 102 cm³/mol. The van der Waals surface area contributed by atoms with E-state index >= 15 is 0 Å². The van der Waals surface area contributed by atoms with E-state index in [0.29, 0.717) is 17.8 Å². The van der Waals surface area contributed by atoms with Crippen LogP contribution in [0, 0.1) is 0 Å². The lowest BCUT2D eigenvalue weighted by atomic mass is 10.1. The van der Waals surface area contributed by atoms with Crippen molar-refractivity contribution in [1.29, 1.82) is 0 Å². The van der Waals surface area contributed by atoms with Gasteiger partial charge in [-0.15, -0.1) is 0 Å². The SMILES string of the molecule is CC(C)NC(=O)Nc1ccccc1C(=O)NCc1ccc2c(c1)CNC2. The highest BCUT2D eigenvalue weighted by Gasteiger charge is 2.14. The molecule has 0 radical (unpaired) electrons. The number of hydrogen-bond acceptors (Lipinski definition) is 3. The Morgan fingerprint density at radius 3 is 2.65 bits per heavy atom. The van der Waals surface area contributed by atoms with E-state index in [0.717, 1.165) is 18.7 Å². The highest BCUT2D eigenvalue weighted by atomic mass is 16.2. The normalized spacial score (nSPS) is 12.6. The van der Waals surface area contributed by atoms with Gasteiger partial charge in [-0.25, -0.2) is 4.79 Å². The van der Waals surface area contributed by atoms with Crippen LogP contribution >= 0.6 is 0 Å². The zero-order valence-electron chi connectivity index (χ0n) is 15.1. The van der Waals surface area contributed by atoms with Crippen molar-refractivity contribution >= 4 is 17.6 Å². The Bertz CT molecular complexity index is 817. The summed E-state index contributed by atoms with van der Waals surface area (Å²) >= 11 is 0. The van der Waals surface area contributed by atoms with Crippen LogP contribution in [0.2, 0.25) is 0 Å². The first-order valence-corrected chi connectivity index (χ1v) is 8.79. The number of rotatable bonds is 5. The summed E-state index contributed by atoms with van der Waals surface area (Å²) in [6.07, 6.45) is 0. The minimum Gasteiger partial charge on any atom is -0.348 e. The van der Waals surface area contributed by atoms with Crippen molar-refractivity contribution in [2.75, 3.05) is 5.32 Å². The fourth-order valence-electron chi connectivity index (χ4n) is 2.95. The monoisotopic (exact) mass is 352 g/mol. The van der Waals surface area contributed by atoms with Gasteiger partial charge in [0.25, 0.3) is 5.91 Å². The molecule has 1 aliphatic rings. The summed E-state index contributed by atoms with van der Waals surface area (Å²) in [7, 11) is 0. The molecule has 2 aromatic carbocycles. The van der Waals surface area contributed by atoms with Crippen molar-refractivity contribution in [3.63, 3.8) is 0 Å². The standard InChI is InChI=1S/C20H24N4O2/c1-13(2)23-20(26)24-18-6-4-3-5-17(18)19(25)22-10-14-7-8-15-11-21-12-16(15)9-14/h3-9,13,21H,10-12H2,1-2H3,(H,22,25)(H2,23,24,26). The van der Waals surface area contributed by atoms with Gasteiger partial charge in [-0.3, -0.25) is 4.79 Å². The third-order valence-corrected chi connectivity index (χ3v) is 4.19. The maximum Gasteiger partial charge on any atom is 0.319 e. The molecule has 26 heavy (non-hydrogen) atoms. The van der Waals surface area contributed by atoms with Gasteiger partial charge in [-0.2, -0.15) is 0 Å². The Labute approximate surface area is 153 Å². The van der Waals surface area contributed by atoms with Crippen LogP contribution in [-0.4, -0.2) is 18.0 Å². The first-order valence-electron chi connectivity index (χ1n) is 8.79. The van der Waals surface area contributed by atoms with Gasteiger partial charge in [0.1, 0.15) is 0 Å². The van der Waals surface area contributed by atoms with Crippen molar-refractivity contribution in [3.05, 3.63) is 64.7 Å². The van der Waals surface area contributed by atoms with Crippen LogP contribution in [0.1, 0.15) is 40.9 Å². The molecule has 0 saturated heterocycles. The quantitative estimate of drug-likeness (QED) is 0.668. The summed E-state index contributed by atoms with van der Waals surface area (Å²) in [5.74, 6) is -0.218. The third-order valence-electron chi connectivity index (χ3n) is 4.19. The molecule has 2 aromatic rings. The maximum atomic E-state index is 12.6. The van der Waals surface area contributed by atoms with Gasteiger partial charge in [-0.05, 0) is 42.7 Å². The zero-order chi connectivity index (χ0) is 18.5. The van der Waals surface area contributed by atoms with Gasteiger partial charge < -0.3 is 21.3 Å². The van der Waals surface area contributed by atoms with Crippen LogP contribution in [0.4, 0.5) is 10.5 Å². The third kappa shape index (κ3) is 4.40. The second kappa shape index (κ2) is 8.01. The lowest BCUT2D eigenvalue weighted by Crippen LogP contribution is -2.35. The molecule has 0 bridgehead atoms. The molecule has 3 amide bonds. The first-order chi connectivity index (χ1) is 12.5. The summed E-state index contributed by atoms with van der Waals surface area (Å²) in [4.78, 5) is 24.5. The summed E-state index contributed by atoms with van der Waals surface area (Å²) in [6, 6.07) is 12.9. The van der Waals surface area contributed by atoms with E-state index in [1.807, 2.05) is 19.9 Å². The molecule has 1 heterocycles. The van der Waals surface area contributed by atoms with Crippen LogP contribution in [-0.2, 0) is 19.6 Å². The van der Waals surface area contributed by atoms with Crippen LogP contribution in [0.25, 0.3) is 0 Å². The predicted octanol–water partition coefficient (Wildman–Crippen LogP) is 2.75. The number of para-hydroxylation sites is 1. The van der Waals surface area contributed by atoms with Crippen molar-refractivity contribution in [2.45, 2.75) is 39.5 Å². The number of nitrogens with one attached hydrogen (secondary N) is 4. The van der Waals surface area contributed by atoms with Gasteiger partial charge in [0.15, 0.2) is 0 Å². The lowest BCUT2D eigenvalue weighted by Gasteiger charge is -2.14. The number of amides is 3. The second-order valence-corrected chi connectivity index (χ2v) is 6.69. The number of benzene rings is 2. The molecule has 0 spiro atoms. The molecule has 136 valence electrons. The van der Waals surface area contributed by atoms with Crippen molar-refractivity contribution < 1.29 is 9.59 Å². The van der Waals surface area contributed by atoms with Crippen LogP contribution < -0.4 is 21.3 Å². The highest BCUT2D eigenvalue weighted by molar-refractivity contribution is 6.03. The van der Waals surface area contributed by atoms with E-state index in [9.17, 15) is 9.59 Å². The molecule has 0 unspecified atom stereocenters. The Morgan fingerprint density at radius 1 is 1.08 bits per heavy atom. The molecule has 3 rings (SSSR count). The van der Waals surface area contributed by atoms with Gasteiger partial charge in [0, 0.05) is 25.7 Å². The van der Waals surface area contributed by atoms with Crippen LogP contribution in [0.15, 0.2) is 42.5 Å². The number of carbonyl (C=O) groups excluding carboxylic acids is 2. The molecule has 0 fully saturated rings. The van der Waals surface area contributed by atoms with Gasteiger partial charge in [0.2, 0.25) is 0 Å². The van der Waals surface area contributed by atoms with Crippen molar-refractivity contribution in [2.24, 2.45) is 0 Å². The summed E-state index contributed by atoms with van der Waals surface area (Å²) in [6.45, 7) is 5.97. The van der Waals surface area contributed by atoms with Gasteiger partial charge in [0.05, 0.1) is 11.3 Å². The molecule has 0 aliphatic carbocycles. The van der Waals surface area contributed by atoms with E-state index in [-0.39, 0.29) is 18.0 Å². The van der Waals surface area contributed by atoms with E-state index < -0.39 is 0 Å². The Balaban J connectivity index is 1.65. The topological polar surface area (TPSA) is 82.3 Å². The number of carbonyl (C=O) groups is 2. The average Bonchev–Trinajstić information content (AvgIpc) is 3.07. The van der Waals surface area contributed by atoms with E-state index in [4.69, 9.17) is 0 Å². The fraction of sp³-hybridized carbons (Fsp3) is 0.300. The lowest BCUT2D eigenvalue weighted by molar-refractivity contribution is 0.0952. The molecule has 6 heteroatoms. The van der Waals surface area contributed by atoms with Crippen molar-refractivity contribution in [3.8, 4) is 0 Å². The highest BCUT2D eigenvalue weighted by Crippen LogP contribution is 2.18. The molecule has 0 atom stereocenters. The molecule has 6 nitrogen and oxygen atoms in total. The molecule has 0 aromatic heterocycles. The molecular weight excluding hydrogens is 328 g/mol. The zero-order valence-corrected chi connectivity index (χ0v) is 15.1. The largest absolute Gasteiger partial charge is 0.348 e. The Hall–Kier alpha value is -2.86. The number of fused-ring (bicyclic) bond motifs is 1. The van der Waals surface area contributed by atoms with Crippen molar-refractivity contribution in [1.82, 2.24) is 16.0 Å². The van der Waals surface area contributed by atoms with Crippen LogP contribution in [0.5, 0.6) is 0 Å². The van der Waals surface area contributed by atoms with E-state index in [1.165, 1.54) is 11.1 Å². The molecule has 0 saturated carbocycles. The molecular formula is C20H24N4O2. The minimum absolute atomic E-state index is 0.0188. The summed E-state index contributed by atoms with van der Waals surface area (Å²) in [5, 5.41) is 11.7. The Kier molecular flexibility index (Phi) is 5.53. The number of urea groups is 1. The fourth-order valence-corrected chi connectivity index (χ4v) is 2.95. The smallest absolute Gasteiger partial charge is 0.319 e. The van der Waals surface area contributed by atoms with Gasteiger partial charge in [-0.1, -0.05) is 30.3 Å². The second-order valence-electron chi connectivity index (χ2n) is 6.69. The molecule has 1 aliphatic heterocycles. The maximum absolute atomic E-state index is 12.6. The van der Waals surface area contributed by atoms with E-state index in [1.54, 1.807) is 24.3 Å². The summed E-state index contributed by atoms with van der Waals surface area (Å²) < 4.78 is 0. The first kappa shape index (κ1) is 17.9. The molecule has 4 N–H and O–H groups in total. The minimum atomic E-state index is -0.327. The summed E-state index contributed by atoms with van der Waals surface area (Å²) in [5.41, 5.74) is 4.58. The van der Waals surface area contributed by atoms with E-state index in [2.05, 4.69) is 33.4 Å². The Morgan fingerprint density at radius 2 is 1.85 bits per heavy atom.